The van der Waals surface area contributed by atoms with Crippen LogP contribution in [0.2, 0.25) is 0 Å². The maximum atomic E-state index is 14.9. The largest absolute Gasteiger partial charge is 0.522 e. The van der Waals surface area contributed by atoms with Gasteiger partial charge in [0.05, 0.1) is 12.0 Å². The highest BCUT2D eigenvalue weighted by Crippen LogP contribution is 2.48. The highest BCUT2D eigenvalue weighted by Gasteiger charge is 2.50. The summed E-state index contributed by atoms with van der Waals surface area (Å²) in [6, 6.07) is 0. The molecule has 2 atom stereocenters. The van der Waals surface area contributed by atoms with Crippen molar-refractivity contribution in [1.29, 1.82) is 0 Å². The monoisotopic (exact) mass is 530 g/mol. The lowest BCUT2D eigenvalue weighted by Crippen LogP contribution is -2.49. The van der Waals surface area contributed by atoms with E-state index in [1.54, 1.807) is 0 Å². The fourth-order valence-corrected chi connectivity index (χ4v) is 7.58. The van der Waals surface area contributed by atoms with Crippen molar-refractivity contribution in [2.75, 3.05) is 0 Å². The van der Waals surface area contributed by atoms with Crippen LogP contribution in [-0.2, 0) is 9.47 Å². The van der Waals surface area contributed by atoms with Crippen molar-refractivity contribution in [3.8, 4) is 0 Å². The summed E-state index contributed by atoms with van der Waals surface area (Å²) in [6.45, 7) is 2.34. The summed E-state index contributed by atoms with van der Waals surface area (Å²) >= 11 is 0. The smallest absolute Gasteiger partial charge is 0.317 e. The van der Waals surface area contributed by atoms with Crippen LogP contribution in [0.4, 0.5) is 30.7 Å². The summed E-state index contributed by atoms with van der Waals surface area (Å²) in [6.07, 6.45) is -6.56. The molecule has 4 aliphatic carbocycles. The second-order valence-corrected chi connectivity index (χ2v) is 12.1. The van der Waals surface area contributed by atoms with Gasteiger partial charge in [0, 0.05) is 12.8 Å². The molecule has 4 fully saturated rings. The second-order valence-electron chi connectivity index (χ2n) is 12.1. The molecule has 0 saturated heterocycles. The minimum absolute atomic E-state index is 0.294. The normalized spacial score (nSPS) is 43.3. The van der Waals surface area contributed by atoms with Gasteiger partial charge in [0.1, 0.15) is 18.4 Å². The van der Waals surface area contributed by atoms with Gasteiger partial charge in [-0.1, -0.05) is 19.8 Å². The Morgan fingerprint density at radius 1 is 0.556 bits per heavy atom. The third-order valence-corrected chi connectivity index (χ3v) is 9.74. The minimum atomic E-state index is -5.19. The molecule has 4 aliphatic rings. The van der Waals surface area contributed by atoms with E-state index in [0.717, 1.165) is 17.8 Å². The zero-order valence-electron chi connectivity index (χ0n) is 21.1. The molecule has 0 aromatic rings. The molecule has 4 saturated carbocycles. The Balaban J connectivity index is 1.20. The van der Waals surface area contributed by atoms with Crippen LogP contribution in [0, 0.1) is 35.5 Å². The molecule has 0 heterocycles. The Labute approximate surface area is 210 Å². The Kier molecular flexibility index (Phi) is 9.22. The van der Waals surface area contributed by atoms with Crippen molar-refractivity contribution in [2.24, 2.45) is 35.5 Å². The van der Waals surface area contributed by atoms with Gasteiger partial charge in [-0.05, 0) is 93.8 Å². The molecule has 210 valence electrons. The topological polar surface area (TPSA) is 18.5 Å². The standard InChI is InChI=1S/C27H41F7O2/c1-16-2-4-17(5-3-16)18-6-8-19(9-7-18)20-10-12-21(13-11-20)26(30,31)35-22-14-23(28)25(24(29)15-22)36-27(32,33)34/h16-25H,2-15H2,1H3. The summed E-state index contributed by atoms with van der Waals surface area (Å²) in [7, 11) is 0. The van der Waals surface area contributed by atoms with Crippen LogP contribution in [0.3, 0.4) is 0 Å². The van der Waals surface area contributed by atoms with Crippen LogP contribution in [0.25, 0.3) is 0 Å². The number of alkyl halides is 7. The van der Waals surface area contributed by atoms with E-state index < -0.39 is 55.8 Å². The number of ether oxygens (including phenoxy) is 2. The quantitative estimate of drug-likeness (QED) is 0.320. The van der Waals surface area contributed by atoms with Crippen molar-refractivity contribution >= 4 is 0 Å². The SMILES string of the molecule is CC1CCC(C2CCC(C3CCC(C(F)(F)OC4CC(F)C(OC(F)(F)F)C(F)C4)CC3)CC2)CC1. The van der Waals surface area contributed by atoms with E-state index >= 15 is 0 Å². The average Bonchev–Trinajstić information content (AvgIpc) is 2.81. The number of halogens is 7. The van der Waals surface area contributed by atoms with E-state index in [0.29, 0.717) is 37.5 Å². The molecule has 0 N–H and O–H groups in total. The highest BCUT2D eigenvalue weighted by atomic mass is 19.4. The summed E-state index contributed by atoms with van der Waals surface area (Å²) < 4.78 is 104. The van der Waals surface area contributed by atoms with Gasteiger partial charge in [0.2, 0.25) is 0 Å². The van der Waals surface area contributed by atoms with Gasteiger partial charge in [-0.3, -0.25) is 4.74 Å². The number of rotatable bonds is 6. The van der Waals surface area contributed by atoms with E-state index in [4.69, 9.17) is 4.74 Å². The molecule has 2 nitrogen and oxygen atoms in total. The van der Waals surface area contributed by atoms with Crippen molar-refractivity contribution in [3.63, 3.8) is 0 Å². The molecule has 0 radical (unpaired) electrons. The van der Waals surface area contributed by atoms with E-state index in [9.17, 15) is 30.7 Å². The molecular weight excluding hydrogens is 489 g/mol. The summed E-state index contributed by atoms with van der Waals surface area (Å²) in [5.41, 5.74) is 0. The average molecular weight is 531 g/mol. The van der Waals surface area contributed by atoms with Crippen LogP contribution in [0.5, 0.6) is 0 Å². The molecule has 2 unspecified atom stereocenters. The Morgan fingerprint density at radius 3 is 1.36 bits per heavy atom. The predicted octanol–water partition coefficient (Wildman–Crippen LogP) is 8.78. The predicted molar refractivity (Wildman–Crippen MR) is 122 cm³/mol. The van der Waals surface area contributed by atoms with Crippen molar-refractivity contribution in [1.82, 2.24) is 0 Å². The van der Waals surface area contributed by atoms with Crippen LogP contribution in [0.15, 0.2) is 0 Å². The van der Waals surface area contributed by atoms with Crippen LogP contribution in [-0.4, -0.2) is 37.0 Å². The molecule has 0 aromatic heterocycles. The molecular formula is C27H41F7O2. The molecule has 9 heteroatoms. The maximum absolute atomic E-state index is 14.9. The fraction of sp³-hybridized carbons (Fsp3) is 1.00. The summed E-state index contributed by atoms with van der Waals surface area (Å²) in [5, 5.41) is 0. The van der Waals surface area contributed by atoms with Gasteiger partial charge in [-0.25, -0.2) is 8.78 Å². The third kappa shape index (κ3) is 7.29. The van der Waals surface area contributed by atoms with Gasteiger partial charge in [-0.15, -0.1) is 13.2 Å². The fourth-order valence-electron chi connectivity index (χ4n) is 7.58. The van der Waals surface area contributed by atoms with Gasteiger partial charge in [0.25, 0.3) is 0 Å². The highest BCUT2D eigenvalue weighted by molar-refractivity contribution is 4.91. The van der Waals surface area contributed by atoms with Crippen LogP contribution >= 0.6 is 0 Å². The van der Waals surface area contributed by atoms with Crippen molar-refractivity contribution in [3.05, 3.63) is 0 Å². The van der Waals surface area contributed by atoms with Gasteiger partial charge >= 0.3 is 12.5 Å². The lowest BCUT2D eigenvalue weighted by molar-refractivity contribution is -0.364. The van der Waals surface area contributed by atoms with E-state index in [-0.39, 0.29) is 0 Å². The first kappa shape index (κ1) is 28.4. The molecule has 0 spiro atoms. The molecule has 0 amide bonds. The Bertz CT molecular complexity index is 666. The van der Waals surface area contributed by atoms with Gasteiger partial charge in [0.15, 0.2) is 0 Å². The maximum Gasteiger partial charge on any atom is 0.522 e. The Morgan fingerprint density at radius 2 is 0.944 bits per heavy atom. The Hall–Kier alpha value is -0.570. The van der Waals surface area contributed by atoms with Crippen LogP contribution < -0.4 is 0 Å². The molecule has 4 rings (SSSR count). The number of hydrogen-bond acceptors (Lipinski definition) is 2. The second kappa shape index (κ2) is 11.7. The van der Waals surface area contributed by atoms with Gasteiger partial charge in [-0.2, -0.15) is 8.78 Å². The molecule has 0 aromatic carbocycles. The molecule has 0 bridgehead atoms. The van der Waals surface area contributed by atoms with E-state index in [2.05, 4.69) is 11.7 Å². The van der Waals surface area contributed by atoms with E-state index in [1.807, 2.05) is 0 Å². The van der Waals surface area contributed by atoms with Crippen molar-refractivity contribution in [2.45, 2.75) is 134 Å². The van der Waals surface area contributed by atoms with Crippen LogP contribution in [0.1, 0.15) is 96.8 Å². The minimum Gasteiger partial charge on any atom is -0.317 e. The first-order chi connectivity index (χ1) is 16.9. The third-order valence-electron chi connectivity index (χ3n) is 9.74. The summed E-state index contributed by atoms with van der Waals surface area (Å²) in [5.74, 6) is 2.52. The molecule has 0 aliphatic heterocycles. The van der Waals surface area contributed by atoms with Gasteiger partial charge < -0.3 is 4.74 Å². The van der Waals surface area contributed by atoms with Crippen molar-refractivity contribution < 1.29 is 40.2 Å². The first-order valence-electron chi connectivity index (χ1n) is 14.0. The van der Waals surface area contributed by atoms with E-state index in [1.165, 1.54) is 51.4 Å². The summed E-state index contributed by atoms with van der Waals surface area (Å²) in [4.78, 5) is 0. The zero-order valence-corrected chi connectivity index (χ0v) is 21.1. The first-order valence-corrected chi connectivity index (χ1v) is 14.0. The zero-order chi connectivity index (χ0) is 26.1. The molecule has 36 heavy (non-hydrogen) atoms. The lowest BCUT2D eigenvalue weighted by atomic mass is 9.65. The lowest BCUT2D eigenvalue weighted by Gasteiger charge is -2.42. The number of hydrogen-bond donors (Lipinski definition) is 0.